The molecular weight excluding hydrogens is 322 g/mol. The molecule has 5 heteroatoms. The van der Waals surface area contributed by atoms with Gasteiger partial charge in [-0.1, -0.05) is 49.4 Å². The van der Waals surface area contributed by atoms with Crippen molar-refractivity contribution >= 4 is 23.6 Å². The summed E-state index contributed by atoms with van der Waals surface area (Å²) < 4.78 is 0. The normalized spacial score (nSPS) is 11.7. The Bertz CT molecular complexity index is 671. The highest BCUT2D eigenvalue weighted by Gasteiger charge is 2.21. The minimum atomic E-state index is -1.04. The number of carboxylic acid groups (broad SMARTS) is 1. The van der Waals surface area contributed by atoms with Gasteiger partial charge in [-0.15, -0.1) is 0 Å². The molecule has 0 radical (unpaired) electrons. The number of rotatable bonds is 8. The van der Waals surface area contributed by atoms with Crippen LogP contribution in [0.25, 0.3) is 0 Å². The van der Waals surface area contributed by atoms with Crippen molar-refractivity contribution in [2.24, 2.45) is 0 Å². The van der Waals surface area contributed by atoms with E-state index in [1.807, 2.05) is 54.2 Å². The second-order valence-corrected chi connectivity index (χ2v) is 6.66. The van der Waals surface area contributed by atoms with Gasteiger partial charge >= 0.3 is 5.97 Å². The van der Waals surface area contributed by atoms with Crippen LogP contribution in [0, 0.1) is 0 Å². The maximum absolute atomic E-state index is 12.3. The van der Waals surface area contributed by atoms with Crippen LogP contribution in [0.15, 0.2) is 54.6 Å². The second kappa shape index (κ2) is 9.13. The number of carbonyl (C=O) groups excluding carboxylic acids is 1. The highest BCUT2D eigenvalue weighted by Crippen LogP contribution is 2.13. The zero-order chi connectivity index (χ0) is 17.4. The summed E-state index contributed by atoms with van der Waals surface area (Å²) in [5.41, 5.74) is 2.49. The zero-order valence-corrected chi connectivity index (χ0v) is 14.4. The van der Waals surface area contributed by atoms with Gasteiger partial charge in [-0.2, -0.15) is 11.8 Å². The van der Waals surface area contributed by atoms with Crippen molar-refractivity contribution in [2.45, 2.75) is 25.1 Å². The van der Waals surface area contributed by atoms with E-state index in [0.717, 1.165) is 22.6 Å². The minimum absolute atomic E-state index is 0.257. The van der Waals surface area contributed by atoms with Gasteiger partial charge in [-0.25, -0.2) is 4.79 Å². The average molecular weight is 343 g/mol. The van der Waals surface area contributed by atoms with Gasteiger partial charge in [-0.3, -0.25) is 4.79 Å². The highest BCUT2D eigenvalue weighted by atomic mass is 32.2. The molecule has 1 atom stereocenters. The fraction of sp³-hybridized carbons (Fsp3) is 0.263. The van der Waals surface area contributed by atoms with E-state index in [1.165, 1.54) is 0 Å². The maximum atomic E-state index is 12.3. The molecule has 1 amide bonds. The molecule has 0 fully saturated rings. The molecule has 0 heterocycles. The van der Waals surface area contributed by atoms with Gasteiger partial charge in [0, 0.05) is 17.7 Å². The predicted molar refractivity (Wildman–Crippen MR) is 97.3 cm³/mol. The lowest BCUT2D eigenvalue weighted by molar-refractivity contribution is -0.139. The molecule has 0 unspecified atom stereocenters. The Labute approximate surface area is 146 Å². The van der Waals surface area contributed by atoms with E-state index in [-0.39, 0.29) is 12.3 Å². The molecule has 0 aliphatic heterocycles. The highest BCUT2D eigenvalue weighted by molar-refractivity contribution is 7.98. The largest absolute Gasteiger partial charge is 0.480 e. The van der Waals surface area contributed by atoms with Crippen molar-refractivity contribution in [3.63, 3.8) is 0 Å². The number of carboxylic acids is 1. The van der Waals surface area contributed by atoms with Crippen molar-refractivity contribution in [2.75, 3.05) is 5.75 Å². The molecule has 4 nitrogen and oxygen atoms in total. The molecule has 2 aromatic carbocycles. The number of hydrogen-bond acceptors (Lipinski definition) is 3. The van der Waals surface area contributed by atoms with E-state index in [9.17, 15) is 14.7 Å². The minimum Gasteiger partial charge on any atom is -0.480 e. The smallest absolute Gasteiger partial charge is 0.326 e. The van der Waals surface area contributed by atoms with Crippen LogP contribution in [-0.4, -0.2) is 28.8 Å². The van der Waals surface area contributed by atoms with Crippen LogP contribution >= 0.6 is 11.8 Å². The lowest BCUT2D eigenvalue weighted by Crippen LogP contribution is -2.42. The third-order valence-electron chi connectivity index (χ3n) is 3.58. The molecule has 2 rings (SSSR count). The molecule has 0 spiro atoms. The molecule has 126 valence electrons. The van der Waals surface area contributed by atoms with E-state index >= 15 is 0 Å². The zero-order valence-electron chi connectivity index (χ0n) is 13.6. The van der Waals surface area contributed by atoms with E-state index in [2.05, 4.69) is 12.2 Å². The summed E-state index contributed by atoms with van der Waals surface area (Å²) in [5, 5.41) is 12.0. The van der Waals surface area contributed by atoms with Crippen molar-refractivity contribution in [1.82, 2.24) is 5.32 Å². The first-order chi connectivity index (χ1) is 11.6. The fourth-order valence-corrected chi connectivity index (χ4v) is 2.90. The number of aliphatic carboxylic acids is 1. The van der Waals surface area contributed by atoms with Gasteiger partial charge < -0.3 is 10.4 Å². The number of benzene rings is 2. The summed E-state index contributed by atoms with van der Waals surface area (Å²) in [7, 11) is 0. The van der Waals surface area contributed by atoms with Crippen LogP contribution in [0.2, 0.25) is 0 Å². The lowest BCUT2D eigenvalue weighted by Gasteiger charge is -2.15. The summed E-state index contributed by atoms with van der Waals surface area (Å²) in [4.78, 5) is 23.7. The van der Waals surface area contributed by atoms with E-state index in [4.69, 9.17) is 0 Å². The Balaban J connectivity index is 2.01. The molecule has 0 aliphatic carbocycles. The molecule has 0 saturated heterocycles. The summed E-state index contributed by atoms with van der Waals surface area (Å²) in [6.45, 7) is 2.10. The van der Waals surface area contributed by atoms with Crippen LogP contribution in [0.3, 0.4) is 0 Å². The van der Waals surface area contributed by atoms with Crippen LogP contribution in [0.1, 0.15) is 28.4 Å². The van der Waals surface area contributed by atoms with Crippen molar-refractivity contribution in [1.29, 1.82) is 0 Å². The molecule has 24 heavy (non-hydrogen) atoms. The topological polar surface area (TPSA) is 66.4 Å². The summed E-state index contributed by atoms with van der Waals surface area (Å²) >= 11 is 1.81. The fourth-order valence-electron chi connectivity index (χ4n) is 2.26. The summed E-state index contributed by atoms with van der Waals surface area (Å²) in [6.07, 6.45) is 0.257. The third-order valence-corrected chi connectivity index (χ3v) is 4.52. The maximum Gasteiger partial charge on any atom is 0.326 e. The van der Waals surface area contributed by atoms with Gasteiger partial charge in [0.05, 0.1) is 0 Å². The summed E-state index contributed by atoms with van der Waals surface area (Å²) in [6, 6.07) is 15.6. The third kappa shape index (κ3) is 5.42. The van der Waals surface area contributed by atoms with Crippen LogP contribution in [0.4, 0.5) is 0 Å². The first-order valence-electron chi connectivity index (χ1n) is 7.84. The standard InChI is InChI=1S/C19H21NO3S/c1-2-24-13-15-8-10-16(11-9-15)18(21)20-17(19(22)23)12-14-6-4-3-5-7-14/h3-11,17H,2,12-13H2,1H3,(H,20,21)(H,22,23)/t17-/m0/s1. The molecule has 0 aliphatic rings. The monoisotopic (exact) mass is 343 g/mol. The lowest BCUT2D eigenvalue weighted by atomic mass is 10.1. The molecule has 0 bridgehead atoms. The number of thioether (sulfide) groups is 1. The number of hydrogen-bond donors (Lipinski definition) is 2. The van der Waals surface area contributed by atoms with Crippen LogP contribution in [0.5, 0.6) is 0 Å². The average Bonchev–Trinajstić information content (AvgIpc) is 2.60. The van der Waals surface area contributed by atoms with E-state index in [0.29, 0.717) is 5.56 Å². The van der Waals surface area contributed by atoms with E-state index < -0.39 is 12.0 Å². The Morgan fingerprint density at radius 1 is 1.04 bits per heavy atom. The number of nitrogens with one attached hydrogen (secondary N) is 1. The van der Waals surface area contributed by atoms with Crippen molar-refractivity contribution in [3.05, 3.63) is 71.3 Å². The van der Waals surface area contributed by atoms with Gasteiger partial charge in [0.2, 0.25) is 0 Å². The SMILES string of the molecule is CCSCc1ccc(C(=O)N[C@@H](Cc2ccccc2)C(=O)O)cc1. The second-order valence-electron chi connectivity index (χ2n) is 5.39. The quantitative estimate of drug-likeness (QED) is 0.771. The van der Waals surface area contributed by atoms with Crippen molar-refractivity contribution < 1.29 is 14.7 Å². The van der Waals surface area contributed by atoms with Gasteiger partial charge in [-0.05, 0) is 29.0 Å². The first kappa shape index (κ1) is 18.1. The van der Waals surface area contributed by atoms with Gasteiger partial charge in [0.25, 0.3) is 5.91 Å². The molecule has 0 aromatic heterocycles. The van der Waals surface area contributed by atoms with Gasteiger partial charge in [0.15, 0.2) is 0 Å². The molecule has 0 saturated carbocycles. The van der Waals surface area contributed by atoms with Gasteiger partial charge in [0.1, 0.15) is 6.04 Å². The Morgan fingerprint density at radius 2 is 1.71 bits per heavy atom. The molecule has 2 N–H and O–H groups in total. The van der Waals surface area contributed by atoms with E-state index in [1.54, 1.807) is 12.1 Å². The molecular formula is C19H21NO3S. The van der Waals surface area contributed by atoms with Crippen LogP contribution in [-0.2, 0) is 17.0 Å². The van der Waals surface area contributed by atoms with Crippen LogP contribution < -0.4 is 5.32 Å². The Kier molecular flexibility index (Phi) is 6.88. The van der Waals surface area contributed by atoms with Crippen molar-refractivity contribution in [3.8, 4) is 0 Å². The summed E-state index contributed by atoms with van der Waals surface area (Å²) in [5.74, 6) is 0.544. The number of amides is 1. The molecule has 2 aromatic rings. The predicted octanol–water partition coefficient (Wildman–Crippen LogP) is 3.37. The Morgan fingerprint density at radius 3 is 2.29 bits per heavy atom. The Hall–Kier alpha value is -2.27. The first-order valence-corrected chi connectivity index (χ1v) is 9.00. The number of carbonyl (C=O) groups is 2.